The summed E-state index contributed by atoms with van der Waals surface area (Å²) >= 11 is 12.1. The van der Waals surface area contributed by atoms with Crippen molar-refractivity contribution < 1.29 is 18.3 Å². The first-order valence-corrected chi connectivity index (χ1v) is 9.47. The molecule has 0 radical (unpaired) electrons. The second-order valence-corrected chi connectivity index (χ2v) is 7.78. The molecule has 0 amide bonds. The van der Waals surface area contributed by atoms with E-state index in [4.69, 9.17) is 23.2 Å². The second kappa shape index (κ2) is 6.21. The molecule has 2 aromatic carbocycles. The van der Waals surface area contributed by atoms with Crippen LogP contribution < -0.4 is 5.32 Å². The zero-order valence-electron chi connectivity index (χ0n) is 12.7. The molecule has 0 aliphatic carbocycles. The fourth-order valence-corrected chi connectivity index (χ4v) is 3.67. The minimum Gasteiger partial charge on any atom is -0.478 e. The molecule has 1 aromatic heterocycles. The van der Waals surface area contributed by atoms with Gasteiger partial charge in [-0.15, -0.1) is 0 Å². The van der Waals surface area contributed by atoms with Crippen molar-refractivity contribution in [3.05, 3.63) is 52.0 Å². The number of halogens is 2. The van der Waals surface area contributed by atoms with E-state index in [-0.39, 0.29) is 32.6 Å². The van der Waals surface area contributed by atoms with Crippen molar-refractivity contribution in [1.29, 1.82) is 0 Å². The Morgan fingerprint density at radius 2 is 1.88 bits per heavy atom. The number of hydrogen-bond donors (Lipinski definition) is 2. The number of nitrogens with one attached hydrogen (secondary N) is 1. The van der Waals surface area contributed by atoms with Crippen LogP contribution in [0.5, 0.6) is 0 Å². The number of nitrogens with zero attached hydrogens (tertiary/aromatic N) is 2. The van der Waals surface area contributed by atoms with Gasteiger partial charge in [0, 0.05) is 0 Å². The predicted molar refractivity (Wildman–Crippen MR) is 96.7 cm³/mol. The van der Waals surface area contributed by atoms with Gasteiger partial charge in [0.05, 0.1) is 33.1 Å². The van der Waals surface area contributed by atoms with Crippen LogP contribution in [0.3, 0.4) is 0 Å². The zero-order chi connectivity index (χ0) is 18.4. The quantitative estimate of drug-likeness (QED) is 0.694. The Hall–Kier alpha value is -2.29. The van der Waals surface area contributed by atoms with Crippen LogP contribution in [0, 0.1) is 0 Å². The number of benzene rings is 2. The van der Waals surface area contributed by atoms with Crippen molar-refractivity contribution in [2.75, 3.05) is 11.6 Å². The highest BCUT2D eigenvalue weighted by Crippen LogP contribution is 2.33. The van der Waals surface area contributed by atoms with E-state index in [0.717, 1.165) is 10.2 Å². The van der Waals surface area contributed by atoms with Crippen LogP contribution in [-0.2, 0) is 10.0 Å². The maximum atomic E-state index is 12.3. The van der Waals surface area contributed by atoms with Gasteiger partial charge in [-0.1, -0.05) is 35.3 Å². The number of para-hydroxylation sites is 1. The van der Waals surface area contributed by atoms with Gasteiger partial charge in [0.2, 0.25) is 16.0 Å². The Morgan fingerprint density at radius 1 is 1.20 bits per heavy atom. The number of carboxylic acid groups (broad SMARTS) is 1. The summed E-state index contributed by atoms with van der Waals surface area (Å²) in [6.45, 7) is 0. The maximum absolute atomic E-state index is 12.3. The van der Waals surface area contributed by atoms with E-state index < -0.39 is 16.0 Å². The number of hydrogen-bond acceptors (Lipinski definition) is 5. The van der Waals surface area contributed by atoms with Crippen LogP contribution in [0.1, 0.15) is 10.4 Å². The molecule has 0 aliphatic heterocycles. The van der Waals surface area contributed by atoms with E-state index in [2.05, 4.69) is 10.3 Å². The van der Waals surface area contributed by atoms with E-state index in [1.807, 2.05) is 0 Å². The number of imidazole rings is 1. The van der Waals surface area contributed by atoms with Crippen LogP contribution in [0.4, 0.5) is 11.6 Å². The lowest BCUT2D eigenvalue weighted by Gasteiger charge is -2.11. The summed E-state index contributed by atoms with van der Waals surface area (Å²) in [7, 11) is -3.86. The van der Waals surface area contributed by atoms with Gasteiger partial charge in [-0.2, -0.15) is 0 Å². The highest BCUT2D eigenvalue weighted by Gasteiger charge is 2.23. The number of anilines is 2. The predicted octanol–water partition coefficient (Wildman–Crippen LogP) is 3.59. The Bertz CT molecular complexity index is 1110. The summed E-state index contributed by atoms with van der Waals surface area (Å²) in [5.41, 5.74) is 0.344. The number of aromatic nitrogens is 2. The normalized spacial score (nSPS) is 11.6. The third kappa shape index (κ3) is 3.15. The molecule has 10 heteroatoms. The molecule has 25 heavy (non-hydrogen) atoms. The van der Waals surface area contributed by atoms with E-state index in [1.54, 1.807) is 18.2 Å². The van der Waals surface area contributed by atoms with Gasteiger partial charge in [0.25, 0.3) is 0 Å². The molecule has 3 rings (SSSR count). The van der Waals surface area contributed by atoms with Gasteiger partial charge in [0.1, 0.15) is 5.52 Å². The minimum absolute atomic E-state index is 0.0295. The van der Waals surface area contributed by atoms with Crippen molar-refractivity contribution in [1.82, 2.24) is 8.96 Å². The number of rotatable bonds is 4. The smallest absolute Gasteiger partial charge is 0.337 e. The summed E-state index contributed by atoms with van der Waals surface area (Å²) in [4.78, 5) is 15.7. The number of carbonyl (C=O) groups is 1. The first-order valence-electron chi connectivity index (χ1n) is 6.86. The standard InChI is InChI=1S/C15H11Cl2N3O4S/c1-25(23,24)20-13-8(14(21)22)4-2-7-11(13)19-15(20)18-10-6-3-5-9(16)12(10)17/h2-7H,1H3,(H,18,19)(H,21,22). The monoisotopic (exact) mass is 399 g/mol. The molecule has 0 saturated carbocycles. The Balaban J connectivity index is 2.31. The summed E-state index contributed by atoms with van der Waals surface area (Å²) in [6, 6.07) is 9.13. The van der Waals surface area contributed by atoms with Crippen molar-refractivity contribution in [3.8, 4) is 0 Å². The first-order chi connectivity index (χ1) is 11.7. The Morgan fingerprint density at radius 3 is 2.52 bits per heavy atom. The molecule has 0 atom stereocenters. The van der Waals surface area contributed by atoms with E-state index in [1.165, 1.54) is 18.2 Å². The van der Waals surface area contributed by atoms with Crippen molar-refractivity contribution in [2.45, 2.75) is 0 Å². The fraction of sp³-hybridized carbons (Fsp3) is 0.0667. The molecule has 7 nitrogen and oxygen atoms in total. The van der Waals surface area contributed by atoms with Gasteiger partial charge >= 0.3 is 5.97 Å². The Labute approximate surface area is 152 Å². The minimum atomic E-state index is -3.86. The van der Waals surface area contributed by atoms with E-state index in [0.29, 0.717) is 5.69 Å². The molecule has 0 spiro atoms. The molecule has 0 aliphatic rings. The summed E-state index contributed by atoms with van der Waals surface area (Å²) in [6.07, 6.45) is 0.956. The van der Waals surface area contributed by atoms with Crippen LogP contribution in [0.2, 0.25) is 10.0 Å². The Kier molecular flexibility index (Phi) is 4.36. The topological polar surface area (TPSA) is 101 Å². The average Bonchev–Trinajstić information content (AvgIpc) is 2.89. The third-order valence-corrected chi connectivity index (χ3v) is 5.23. The molecule has 3 aromatic rings. The number of carboxylic acids is 1. The van der Waals surface area contributed by atoms with Crippen LogP contribution in [0.15, 0.2) is 36.4 Å². The van der Waals surface area contributed by atoms with Gasteiger partial charge < -0.3 is 10.4 Å². The van der Waals surface area contributed by atoms with Crippen LogP contribution in [-0.4, -0.2) is 34.7 Å². The van der Waals surface area contributed by atoms with Gasteiger partial charge in [-0.3, -0.25) is 0 Å². The van der Waals surface area contributed by atoms with Gasteiger partial charge in [-0.25, -0.2) is 22.2 Å². The molecule has 1 heterocycles. The number of fused-ring (bicyclic) bond motifs is 1. The maximum Gasteiger partial charge on any atom is 0.337 e. The molecular formula is C15H11Cl2N3O4S. The first kappa shape index (κ1) is 17.5. The highest BCUT2D eigenvalue weighted by atomic mass is 35.5. The molecule has 130 valence electrons. The van der Waals surface area contributed by atoms with E-state index >= 15 is 0 Å². The summed E-state index contributed by atoms with van der Waals surface area (Å²) in [5.74, 6) is -1.35. The molecule has 2 N–H and O–H groups in total. The highest BCUT2D eigenvalue weighted by molar-refractivity contribution is 7.89. The largest absolute Gasteiger partial charge is 0.478 e. The average molecular weight is 400 g/mol. The van der Waals surface area contributed by atoms with Gasteiger partial charge in [-0.05, 0) is 24.3 Å². The molecule has 0 bridgehead atoms. The second-order valence-electron chi connectivity index (χ2n) is 5.17. The molecule has 0 fully saturated rings. The SMILES string of the molecule is CS(=O)(=O)n1c(Nc2cccc(Cl)c2Cl)nc2cccc(C(=O)O)c21. The number of aromatic carboxylic acids is 1. The molecular weight excluding hydrogens is 389 g/mol. The third-order valence-electron chi connectivity index (χ3n) is 3.40. The van der Waals surface area contributed by atoms with Crippen molar-refractivity contribution in [2.24, 2.45) is 0 Å². The lowest BCUT2D eigenvalue weighted by molar-refractivity contribution is 0.0699. The van der Waals surface area contributed by atoms with Crippen LogP contribution >= 0.6 is 23.2 Å². The molecule has 0 unspecified atom stereocenters. The lowest BCUT2D eigenvalue weighted by Crippen LogP contribution is -2.15. The van der Waals surface area contributed by atoms with E-state index in [9.17, 15) is 18.3 Å². The molecule has 0 saturated heterocycles. The summed E-state index contributed by atoms with van der Waals surface area (Å²) in [5, 5.41) is 12.6. The van der Waals surface area contributed by atoms with Crippen molar-refractivity contribution >= 4 is 61.9 Å². The fourth-order valence-electron chi connectivity index (χ4n) is 2.40. The van der Waals surface area contributed by atoms with Crippen LogP contribution in [0.25, 0.3) is 11.0 Å². The van der Waals surface area contributed by atoms with Gasteiger partial charge in [0.15, 0.2) is 0 Å². The summed E-state index contributed by atoms with van der Waals surface area (Å²) < 4.78 is 25.4. The zero-order valence-corrected chi connectivity index (χ0v) is 15.0. The van der Waals surface area contributed by atoms with Crippen molar-refractivity contribution in [3.63, 3.8) is 0 Å². The lowest BCUT2D eigenvalue weighted by atomic mass is 10.2.